The van der Waals surface area contributed by atoms with E-state index in [2.05, 4.69) is 37.1 Å². The third kappa shape index (κ3) is 10.8. The molecule has 0 saturated heterocycles. The van der Waals surface area contributed by atoms with Crippen molar-refractivity contribution in [1.29, 1.82) is 0 Å². The summed E-state index contributed by atoms with van der Waals surface area (Å²) in [6.07, 6.45) is 3.73. The number of benzene rings is 1. The average Bonchev–Trinajstić information content (AvgIpc) is 2.74. The number of carbonyl (C=O) groups excluding carboxylic acids is 3. The van der Waals surface area contributed by atoms with E-state index in [0.717, 1.165) is 48.8 Å². The lowest BCUT2D eigenvalue weighted by Gasteiger charge is -2.35. The summed E-state index contributed by atoms with van der Waals surface area (Å²) in [7, 11) is 0. The summed E-state index contributed by atoms with van der Waals surface area (Å²) < 4.78 is 5.37. The lowest BCUT2D eigenvalue weighted by atomic mass is 9.97. The molecule has 1 rings (SSSR count). The van der Waals surface area contributed by atoms with Gasteiger partial charge in [-0.15, -0.1) is 0 Å². The van der Waals surface area contributed by atoms with E-state index in [0.29, 0.717) is 6.54 Å². The summed E-state index contributed by atoms with van der Waals surface area (Å²) >= 11 is 4.35. The van der Waals surface area contributed by atoms with Gasteiger partial charge in [-0.1, -0.05) is 62.4 Å². The summed E-state index contributed by atoms with van der Waals surface area (Å²) in [4.78, 5) is 41.7. The van der Waals surface area contributed by atoms with E-state index in [9.17, 15) is 14.4 Å². The van der Waals surface area contributed by atoms with Crippen LogP contribution in [0.4, 0.5) is 4.79 Å². The van der Waals surface area contributed by atoms with Crippen LogP contribution < -0.4 is 10.6 Å². The Morgan fingerprint density at radius 1 is 1.00 bits per heavy atom. The number of amides is 3. The highest BCUT2D eigenvalue weighted by atomic mass is 32.1. The summed E-state index contributed by atoms with van der Waals surface area (Å²) in [5, 5.41) is 5.77. The number of nitrogens with zero attached hydrogens (tertiary/aromatic N) is 1. The molecule has 0 aliphatic heterocycles. The zero-order chi connectivity index (χ0) is 27.5. The lowest BCUT2D eigenvalue weighted by Crippen LogP contribution is -2.54. The summed E-state index contributed by atoms with van der Waals surface area (Å²) in [5.41, 5.74) is 2.09. The normalized spacial score (nSPS) is 13.9. The van der Waals surface area contributed by atoms with Gasteiger partial charge in [-0.3, -0.25) is 9.59 Å². The number of hydrogen-bond acceptors (Lipinski definition) is 5. The summed E-state index contributed by atoms with van der Waals surface area (Å²) in [6.45, 7) is 15.8. The van der Waals surface area contributed by atoms with Crippen molar-refractivity contribution in [2.24, 2.45) is 0 Å². The average molecular weight is 522 g/mol. The quantitative estimate of drug-likeness (QED) is 0.237. The first-order chi connectivity index (χ1) is 16.8. The highest BCUT2D eigenvalue weighted by Gasteiger charge is 2.36. The minimum Gasteiger partial charge on any atom is -0.444 e. The third-order valence-electron chi connectivity index (χ3n) is 5.69. The standard InChI is InChI=1S/C28H47N3O4S/c1-9-11-12-14-31(26(33)23(18-36)30-27(34)35-28(6,7)8)24(25(32)29-21(5)13-10-2)22-16-19(3)15-20(4)17-22/h15-17,21,23-24,36H,9-14,18H2,1-8H3,(H,29,32)(H,30,34). The monoisotopic (exact) mass is 521 g/mol. The van der Waals surface area contributed by atoms with Crippen LogP contribution in [0.1, 0.15) is 96.4 Å². The smallest absolute Gasteiger partial charge is 0.408 e. The Morgan fingerprint density at radius 2 is 1.61 bits per heavy atom. The van der Waals surface area contributed by atoms with E-state index in [4.69, 9.17) is 4.74 Å². The van der Waals surface area contributed by atoms with Crippen molar-refractivity contribution in [2.45, 2.75) is 111 Å². The number of nitrogens with one attached hydrogen (secondary N) is 2. The highest BCUT2D eigenvalue weighted by Crippen LogP contribution is 2.26. The molecule has 2 N–H and O–H groups in total. The number of unbranched alkanes of at least 4 members (excludes halogenated alkanes) is 2. The maximum Gasteiger partial charge on any atom is 0.408 e. The molecule has 0 aromatic heterocycles. The van der Waals surface area contributed by atoms with Crippen LogP contribution in [0.15, 0.2) is 18.2 Å². The van der Waals surface area contributed by atoms with Gasteiger partial charge in [0.2, 0.25) is 11.8 Å². The Hall–Kier alpha value is -2.22. The van der Waals surface area contributed by atoms with Gasteiger partial charge in [0.05, 0.1) is 0 Å². The van der Waals surface area contributed by atoms with Crippen molar-refractivity contribution in [3.8, 4) is 0 Å². The second-order valence-electron chi connectivity index (χ2n) is 10.6. The largest absolute Gasteiger partial charge is 0.444 e. The maximum atomic E-state index is 13.9. The Kier molecular flexibility index (Phi) is 13.4. The zero-order valence-electron chi connectivity index (χ0n) is 23.4. The first kappa shape index (κ1) is 31.8. The van der Waals surface area contributed by atoms with Crippen LogP contribution >= 0.6 is 12.6 Å². The van der Waals surface area contributed by atoms with E-state index >= 15 is 0 Å². The molecule has 0 spiro atoms. The SMILES string of the molecule is CCCCCN(C(=O)C(CS)NC(=O)OC(C)(C)C)C(C(=O)NC(C)CCC)c1cc(C)cc(C)c1. The van der Waals surface area contributed by atoms with Gasteiger partial charge in [-0.2, -0.15) is 12.6 Å². The van der Waals surface area contributed by atoms with E-state index in [-0.39, 0.29) is 23.6 Å². The molecular formula is C28H47N3O4S. The number of ether oxygens (including phenoxy) is 1. The highest BCUT2D eigenvalue weighted by molar-refractivity contribution is 7.80. The van der Waals surface area contributed by atoms with E-state index < -0.39 is 23.8 Å². The maximum absolute atomic E-state index is 13.9. The molecule has 0 aliphatic rings. The number of alkyl carbamates (subject to hydrolysis) is 1. The van der Waals surface area contributed by atoms with Gasteiger partial charge < -0.3 is 20.3 Å². The second-order valence-corrected chi connectivity index (χ2v) is 11.0. The minimum atomic E-state index is -0.931. The molecule has 0 heterocycles. The number of rotatable bonds is 13. The molecule has 1 aromatic carbocycles. The van der Waals surface area contributed by atoms with Crippen LogP contribution in [0.25, 0.3) is 0 Å². The molecule has 0 radical (unpaired) electrons. The molecule has 0 saturated carbocycles. The van der Waals surface area contributed by atoms with Crippen LogP contribution in [0, 0.1) is 13.8 Å². The Bertz CT molecular complexity index is 849. The fourth-order valence-electron chi connectivity index (χ4n) is 4.20. The molecule has 8 heteroatoms. The third-order valence-corrected chi connectivity index (χ3v) is 6.05. The second kappa shape index (κ2) is 15.1. The van der Waals surface area contributed by atoms with Crippen molar-refractivity contribution in [3.05, 3.63) is 34.9 Å². The molecule has 3 atom stereocenters. The number of carbonyl (C=O) groups is 3. The van der Waals surface area contributed by atoms with Crippen molar-refractivity contribution in [2.75, 3.05) is 12.3 Å². The molecule has 36 heavy (non-hydrogen) atoms. The first-order valence-corrected chi connectivity index (χ1v) is 13.8. The van der Waals surface area contributed by atoms with Gasteiger partial charge in [0.1, 0.15) is 17.7 Å². The fraction of sp³-hybridized carbons (Fsp3) is 0.679. The summed E-state index contributed by atoms with van der Waals surface area (Å²) in [6, 6.07) is 4.18. The predicted octanol–water partition coefficient (Wildman–Crippen LogP) is 5.49. The van der Waals surface area contributed by atoms with Crippen LogP contribution in [0.5, 0.6) is 0 Å². The number of aryl methyl sites for hydroxylation is 2. The zero-order valence-corrected chi connectivity index (χ0v) is 24.3. The van der Waals surface area contributed by atoms with E-state index in [1.54, 1.807) is 25.7 Å². The molecule has 0 bridgehead atoms. The van der Waals surface area contributed by atoms with Gasteiger partial charge in [-0.25, -0.2) is 4.79 Å². The lowest BCUT2D eigenvalue weighted by molar-refractivity contribution is -0.142. The van der Waals surface area contributed by atoms with Crippen LogP contribution in [0.3, 0.4) is 0 Å². The molecule has 204 valence electrons. The van der Waals surface area contributed by atoms with Gasteiger partial charge >= 0.3 is 6.09 Å². The molecular weight excluding hydrogens is 474 g/mol. The Labute approximate surface area is 223 Å². The Balaban J connectivity index is 3.46. The van der Waals surface area contributed by atoms with Crippen molar-refractivity contribution >= 4 is 30.5 Å². The summed E-state index contributed by atoms with van der Waals surface area (Å²) in [5.74, 6) is -0.495. The molecule has 3 unspecified atom stereocenters. The first-order valence-electron chi connectivity index (χ1n) is 13.1. The van der Waals surface area contributed by atoms with Gasteiger partial charge in [-0.05, 0) is 59.9 Å². The Morgan fingerprint density at radius 3 is 2.11 bits per heavy atom. The topological polar surface area (TPSA) is 87.7 Å². The number of hydrogen-bond donors (Lipinski definition) is 3. The molecule has 0 fully saturated rings. The van der Waals surface area contributed by atoms with Gasteiger partial charge in [0.25, 0.3) is 0 Å². The number of thiol groups is 1. The van der Waals surface area contributed by atoms with Crippen LogP contribution in [-0.4, -0.2) is 52.8 Å². The molecule has 7 nitrogen and oxygen atoms in total. The fourth-order valence-corrected chi connectivity index (χ4v) is 4.45. The van der Waals surface area contributed by atoms with Crippen LogP contribution in [-0.2, 0) is 14.3 Å². The van der Waals surface area contributed by atoms with Gasteiger partial charge in [0, 0.05) is 18.3 Å². The minimum absolute atomic E-state index is 0.0240. The van der Waals surface area contributed by atoms with Crippen molar-refractivity contribution in [1.82, 2.24) is 15.5 Å². The molecule has 0 aliphatic carbocycles. The van der Waals surface area contributed by atoms with E-state index in [1.165, 1.54) is 0 Å². The van der Waals surface area contributed by atoms with Crippen molar-refractivity contribution in [3.63, 3.8) is 0 Å². The van der Waals surface area contributed by atoms with Crippen molar-refractivity contribution < 1.29 is 19.1 Å². The molecule has 1 aromatic rings. The van der Waals surface area contributed by atoms with Crippen LogP contribution in [0.2, 0.25) is 0 Å². The van der Waals surface area contributed by atoms with Gasteiger partial charge in [0.15, 0.2) is 0 Å². The predicted molar refractivity (Wildman–Crippen MR) is 149 cm³/mol. The van der Waals surface area contributed by atoms with E-state index in [1.807, 2.05) is 39.0 Å². The molecule has 3 amide bonds.